The smallest absolute Gasteiger partial charge is 0.0784 e. The number of quaternary nitrogens is 1. The highest BCUT2D eigenvalue weighted by atomic mass is 16.5. The van der Waals surface area contributed by atoms with Crippen molar-refractivity contribution < 1.29 is 4.65 Å². The third-order valence-corrected chi connectivity index (χ3v) is 5.89. The Bertz CT molecular complexity index is 586. The number of nitrogens with zero attached hydrogens (tertiary/aromatic N) is 1. The molecule has 0 spiro atoms. The van der Waals surface area contributed by atoms with Gasteiger partial charge in [-0.3, -0.25) is 0 Å². The minimum atomic E-state index is -0.0786. The van der Waals surface area contributed by atoms with Gasteiger partial charge < -0.3 is 9.85 Å². The van der Waals surface area contributed by atoms with Gasteiger partial charge in [0, 0.05) is 6.42 Å². The van der Waals surface area contributed by atoms with Crippen molar-refractivity contribution in [2.24, 2.45) is 5.92 Å². The highest BCUT2D eigenvalue weighted by Crippen LogP contribution is 2.15. The van der Waals surface area contributed by atoms with E-state index in [1.165, 1.54) is 35.1 Å². The molecule has 1 atom stereocenters. The molecule has 31 heavy (non-hydrogen) atoms. The first-order valence-electron chi connectivity index (χ1n) is 12.7. The van der Waals surface area contributed by atoms with E-state index in [0.717, 1.165) is 64.5 Å². The van der Waals surface area contributed by atoms with E-state index in [9.17, 15) is 5.21 Å². The maximum absolute atomic E-state index is 12.5. The van der Waals surface area contributed by atoms with Gasteiger partial charge in [-0.05, 0) is 98.3 Å². The average Bonchev–Trinajstić information content (AvgIpc) is 2.64. The fourth-order valence-electron chi connectivity index (χ4n) is 3.74. The molecule has 0 saturated carbocycles. The predicted molar refractivity (Wildman–Crippen MR) is 141 cm³/mol. The van der Waals surface area contributed by atoms with Crippen LogP contribution in [0.1, 0.15) is 113 Å². The van der Waals surface area contributed by atoms with Crippen LogP contribution in [0.25, 0.3) is 0 Å². The number of unbranched alkanes of at least 4 members (excludes halogenated alkanes) is 1. The average molecular weight is 432 g/mol. The summed E-state index contributed by atoms with van der Waals surface area (Å²) in [5, 5.41) is 12.5. The maximum atomic E-state index is 12.5. The molecule has 0 amide bonds. The van der Waals surface area contributed by atoms with Gasteiger partial charge in [0.05, 0.1) is 20.1 Å². The van der Waals surface area contributed by atoms with Crippen molar-refractivity contribution >= 4 is 0 Å². The van der Waals surface area contributed by atoms with E-state index in [4.69, 9.17) is 0 Å². The van der Waals surface area contributed by atoms with Crippen molar-refractivity contribution in [1.29, 1.82) is 0 Å². The molecular weight excluding hydrogens is 378 g/mol. The largest absolute Gasteiger partial charge is 0.633 e. The Morgan fingerprint density at radius 3 is 1.65 bits per heavy atom. The summed E-state index contributed by atoms with van der Waals surface area (Å²) in [4.78, 5) is 0. The van der Waals surface area contributed by atoms with Gasteiger partial charge in [-0.1, -0.05) is 60.4 Å². The third kappa shape index (κ3) is 20.5. The Labute approximate surface area is 195 Å². The van der Waals surface area contributed by atoms with Crippen molar-refractivity contribution in [3.05, 3.63) is 51.8 Å². The minimum absolute atomic E-state index is 0.0786. The molecule has 0 aromatic rings. The summed E-state index contributed by atoms with van der Waals surface area (Å²) in [5.74, 6) is 0.695. The van der Waals surface area contributed by atoms with Gasteiger partial charge in [-0.15, -0.1) is 0 Å². The first kappa shape index (κ1) is 29.9. The summed E-state index contributed by atoms with van der Waals surface area (Å²) >= 11 is 0. The molecule has 2 nitrogen and oxygen atoms in total. The normalized spacial score (nSPS) is 15.4. The van der Waals surface area contributed by atoms with E-state index in [1.54, 1.807) is 0 Å². The van der Waals surface area contributed by atoms with Crippen LogP contribution in [0.15, 0.2) is 46.6 Å². The van der Waals surface area contributed by atoms with E-state index in [-0.39, 0.29) is 4.65 Å². The molecule has 2 heteroatoms. The molecule has 0 heterocycles. The molecule has 1 unspecified atom stereocenters. The van der Waals surface area contributed by atoms with Crippen LogP contribution in [-0.2, 0) is 0 Å². The van der Waals surface area contributed by atoms with Gasteiger partial charge in [0.15, 0.2) is 0 Å². The maximum Gasteiger partial charge on any atom is 0.0784 e. The van der Waals surface area contributed by atoms with Crippen LogP contribution < -0.4 is 0 Å². The zero-order valence-corrected chi connectivity index (χ0v) is 22.2. The topological polar surface area (TPSA) is 23.1 Å². The van der Waals surface area contributed by atoms with Crippen LogP contribution in [0.2, 0.25) is 0 Å². The summed E-state index contributed by atoms with van der Waals surface area (Å²) in [6.45, 7) is 17.0. The molecule has 0 aromatic heterocycles. The standard InChI is InChI=1S/C29H53NO/c1-25(2)15-11-19-29(7)21-12-20-27(5)17-9-10-18-28(6)22-14-24-30(8,31)23-13-16-26(3)4/h15,17-18,21,26H,9-14,16,19-20,22-24H2,1-8H3/b27-17+,28-18+,29-21+. The molecular formula is C29H53NO. The van der Waals surface area contributed by atoms with E-state index in [2.05, 4.69) is 72.8 Å². The fraction of sp³-hybridized carbons (Fsp3) is 0.724. The lowest BCUT2D eigenvalue weighted by Gasteiger charge is -2.39. The molecule has 0 rings (SSSR count). The van der Waals surface area contributed by atoms with Crippen LogP contribution in [0.4, 0.5) is 0 Å². The Balaban J connectivity index is 4.03. The summed E-state index contributed by atoms with van der Waals surface area (Å²) in [6.07, 6.45) is 20.7. The van der Waals surface area contributed by atoms with Gasteiger partial charge in [-0.25, -0.2) is 0 Å². The number of hydrogen-bond donors (Lipinski definition) is 0. The Kier molecular flexibility index (Phi) is 16.8. The zero-order chi connectivity index (χ0) is 23.7. The highest BCUT2D eigenvalue weighted by Gasteiger charge is 2.10. The lowest BCUT2D eigenvalue weighted by molar-refractivity contribution is -0.861. The van der Waals surface area contributed by atoms with Crippen LogP contribution >= 0.6 is 0 Å². The molecule has 0 fully saturated rings. The van der Waals surface area contributed by atoms with E-state index in [1.807, 2.05) is 7.05 Å². The zero-order valence-electron chi connectivity index (χ0n) is 22.2. The van der Waals surface area contributed by atoms with Crippen molar-refractivity contribution in [2.75, 3.05) is 20.1 Å². The molecule has 0 N–H and O–H groups in total. The predicted octanol–water partition coefficient (Wildman–Crippen LogP) is 9.29. The molecule has 0 saturated heterocycles. The first-order chi connectivity index (χ1) is 14.5. The lowest BCUT2D eigenvalue weighted by atomic mass is 10.0. The quantitative estimate of drug-likeness (QED) is 0.0973. The molecule has 0 bridgehead atoms. The monoisotopic (exact) mass is 431 g/mol. The van der Waals surface area contributed by atoms with Crippen LogP contribution in [0.3, 0.4) is 0 Å². The molecule has 0 aliphatic carbocycles. The number of hydrogen-bond acceptors (Lipinski definition) is 1. The third-order valence-electron chi connectivity index (χ3n) is 5.89. The van der Waals surface area contributed by atoms with Crippen molar-refractivity contribution in [3.8, 4) is 0 Å². The minimum Gasteiger partial charge on any atom is -0.633 e. The summed E-state index contributed by atoms with van der Waals surface area (Å²) < 4.78 is -0.0786. The van der Waals surface area contributed by atoms with Crippen molar-refractivity contribution in [2.45, 2.75) is 113 Å². The molecule has 0 aromatic carbocycles. The van der Waals surface area contributed by atoms with Crippen LogP contribution in [-0.4, -0.2) is 24.8 Å². The van der Waals surface area contributed by atoms with Gasteiger partial charge in [0.2, 0.25) is 0 Å². The van der Waals surface area contributed by atoms with E-state index in [0.29, 0.717) is 5.92 Å². The molecule has 0 aliphatic rings. The van der Waals surface area contributed by atoms with Crippen LogP contribution in [0.5, 0.6) is 0 Å². The van der Waals surface area contributed by atoms with Crippen molar-refractivity contribution in [3.63, 3.8) is 0 Å². The lowest BCUT2D eigenvalue weighted by Crippen LogP contribution is -2.39. The summed E-state index contributed by atoms with van der Waals surface area (Å²) in [6, 6.07) is 0. The Hall–Kier alpha value is -1.12. The van der Waals surface area contributed by atoms with Crippen molar-refractivity contribution in [1.82, 2.24) is 0 Å². The Morgan fingerprint density at radius 2 is 1.13 bits per heavy atom. The number of allylic oxidation sites excluding steroid dienone is 8. The van der Waals surface area contributed by atoms with Gasteiger partial charge in [-0.2, -0.15) is 0 Å². The van der Waals surface area contributed by atoms with Gasteiger partial charge in [0.25, 0.3) is 0 Å². The van der Waals surface area contributed by atoms with Crippen LogP contribution in [0, 0.1) is 11.1 Å². The second-order valence-electron chi connectivity index (χ2n) is 10.5. The van der Waals surface area contributed by atoms with E-state index < -0.39 is 0 Å². The molecule has 0 radical (unpaired) electrons. The molecule has 180 valence electrons. The summed E-state index contributed by atoms with van der Waals surface area (Å²) in [5.41, 5.74) is 5.86. The second-order valence-corrected chi connectivity index (χ2v) is 10.5. The highest BCUT2D eigenvalue weighted by molar-refractivity contribution is 5.06. The van der Waals surface area contributed by atoms with Gasteiger partial charge in [0.1, 0.15) is 0 Å². The fourth-order valence-corrected chi connectivity index (χ4v) is 3.74. The second kappa shape index (κ2) is 17.4. The molecule has 0 aliphatic heterocycles. The number of hydroxylamine groups is 3. The first-order valence-corrected chi connectivity index (χ1v) is 12.7. The SMILES string of the molecule is CC(C)=CCC/C(C)=C/CC/C(C)=C/CC/C=C(\C)CCC[N+](C)([O-])CCCC(C)C. The van der Waals surface area contributed by atoms with E-state index >= 15 is 0 Å². The number of rotatable bonds is 17. The van der Waals surface area contributed by atoms with Gasteiger partial charge >= 0.3 is 0 Å². The Morgan fingerprint density at radius 1 is 0.677 bits per heavy atom. The summed E-state index contributed by atoms with van der Waals surface area (Å²) in [7, 11) is 1.84.